The normalized spacial score (nSPS) is 11.7. The summed E-state index contributed by atoms with van der Waals surface area (Å²) < 4.78 is 4.30. The fourth-order valence-corrected chi connectivity index (χ4v) is 5.15. The van der Waals surface area contributed by atoms with E-state index in [9.17, 15) is 10.1 Å². The van der Waals surface area contributed by atoms with Gasteiger partial charge in [0.25, 0.3) is 5.69 Å². The van der Waals surface area contributed by atoms with Crippen LogP contribution in [0.3, 0.4) is 0 Å². The Morgan fingerprint density at radius 2 is 1.49 bits per heavy atom. The van der Waals surface area contributed by atoms with Crippen LogP contribution in [0.4, 0.5) is 5.69 Å². The van der Waals surface area contributed by atoms with Crippen LogP contribution in [0.15, 0.2) is 91.0 Å². The fourth-order valence-electron chi connectivity index (χ4n) is 5.15. The second-order valence-electron chi connectivity index (χ2n) is 8.90. The van der Waals surface area contributed by atoms with E-state index in [1.54, 1.807) is 12.1 Å². The molecule has 3 aromatic heterocycles. The quantitative estimate of drug-likeness (QED) is 0.205. The Morgan fingerprint density at radius 1 is 0.784 bits per heavy atom. The van der Waals surface area contributed by atoms with Gasteiger partial charge in [-0.25, -0.2) is 15.0 Å². The largest absolute Gasteiger partial charge is 0.341 e. The van der Waals surface area contributed by atoms with Crippen LogP contribution in [0, 0.1) is 10.1 Å². The Balaban J connectivity index is 1.55. The van der Waals surface area contributed by atoms with Crippen molar-refractivity contribution in [3.63, 3.8) is 0 Å². The predicted octanol–water partition coefficient (Wildman–Crippen LogP) is 6.67. The van der Waals surface area contributed by atoms with Crippen molar-refractivity contribution < 1.29 is 4.92 Å². The molecule has 0 radical (unpaired) electrons. The monoisotopic (exact) mass is 484 g/mol. The summed E-state index contributed by atoms with van der Waals surface area (Å²) in [5.41, 5.74) is 6.69. The lowest BCUT2D eigenvalue weighted by Crippen LogP contribution is -2.00. The first-order valence-electron chi connectivity index (χ1n) is 12.0. The minimum atomic E-state index is -0.403. The van der Waals surface area contributed by atoms with Crippen LogP contribution in [0.1, 0.15) is 6.92 Å². The molecule has 4 aromatic carbocycles. The Bertz CT molecular complexity index is 2000. The van der Waals surface area contributed by atoms with Crippen LogP contribution in [-0.2, 0) is 6.54 Å². The molecule has 0 fully saturated rings. The lowest BCUT2D eigenvalue weighted by atomic mass is 10.1. The van der Waals surface area contributed by atoms with Crippen LogP contribution in [0.5, 0.6) is 0 Å². The molecule has 0 amide bonds. The van der Waals surface area contributed by atoms with Crippen molar-refractivity contribution in [2.45, 2.75) is 13.5 Å². The lowest BCUT2D eigenvalue weighted by Gasteiger charge is -2.10. The average molecular weight is 485 g/mol. The zero-order valence-corrected chi connectivity index (χ0v) is 19.9. The number of imidazole rings is 1. The number of hydrogen-bond acceptors (Lipinski definition) is 5. The maximum Gasteiger partial charge on any atom is 0.269 e. The first-order valence-corrected chi connectivity index (χ1v) is 12.0. The molecule has 0 bridgehead atoms. The third-order valence-electron chi connectivity index (χ3n) is 6.84. The van der Waals surface area contributed by atoms with Gasteiger partial charge >= 0.3 is 0 Å². The number of non-ortho nitro benzene ring substituents is 1. The average Bonchev–Trinajstić information content (AvgIpc) is 3.46. The van der Waals surface area contributed by atoms with Crippen LogP contribution < -0.4 is 0 Å². The first-order chi connectivity index (χ1) is 18.1. The molecule has 0 saturated heterocycles. The SMILES string of the molecule is CCn1c2ccccc2c2cc(-n3c(-c4ccc([N+](=O)[O-])cc4)nc4nc5ccccc5nc43)ccc21. The maximum atomic E-state index is 11.2. The van der Waals surface area contributed by atoms with Gasteiger partial charge in [0.1, 0.15) is 5.82 Å². The molecule has 8 heteroatoms. The van der Waals surface area contributed by atoms with E-state index in [0.717, 1.165) is 39.7 Å². The van der Waals surface area contributed by atoms with Crippen molar-refractivity contribution in [2.75, 3.05) is 0 Å². The van der Waals surface area contributed by atoms with E-state index < -0.39 is 4.92 Å². The van der Waals surface area contributed by atoms with E-state index >= 15 is 0 Å². The van der Waals surface area contributed by atoms with Crippen molar-refractivity contribution in [2.24, 2.45) is 0 Å². The molecule has 0 aliphatic carbocycles. The number of para-hydroxylation sites is 3. The van der Waals surface area contributed by atoms with Crippen LogP contribution in [0.2, 0.25) is 0 Å². The van der Waals surface area contributed by atoms with Gasteiger partial charge in [-0.3, -0.25) is 14.7 Å². The fraction of sp³-hybridized carbons (Fsp3) is 0.0690. The highest BCUT2D eigenvalue weighted by atomic mass is 16.6. The summed E-state index contributed by atoms with van der Waals surface area (Å²) in [7, 11) is 0. The van der Waals surface area contributed by atoms with Crippen molar-refractivity contribution in [1.29, 1.82) is 0 Å². The van der Waals surface area contributed by atoms with Crippen molar-refractivity contribution in [1.82, 2.24) is 24.1 Å². The molecule has 0 aliphatic heterocycles. The minimum absolute atomic E-state index is 0.0298. The zero-order valence-electron chi connectivity index (χ0n) is 19.9. The van der Waals surface area contributed by atoms with E-state index in [1.807, 2.05) is 28.8 Å². The second-order valence-corrected chi connectivity index (χ2v) is 8.90. The number of nitro groups is 1. The third-order valence-corrected chi connectivity index (χ3v) is 6.84. The van der Waals surface area contributed by atoms with Crippen molar-refractivity contribution >= 4 is 49.8 Å². The Hall–Kier alpha value is -5.11. The Kier molecular flexibility index (Phi) is 4.56. The molecule has 0 atom stereocenters. The molecular formula is C29H20N6O2. The zero-order chi connectivity index (χ0) is 25.1. The molecule has 7 rings (SSSR count). The van der Waals surface area contributed by atoms with Crippen LogP contribution in [0.25, 0.3) is 61.2 Å². The minimum Gasteiger partial charge on any atom is -0.341 e. The molecule has 0 aliphatic rings. The summed E-state index contributed by atoms with van der Waals surface area (Å²) in [6.07, 6.45) is 0. The lowest BCUT2D eigenvalue weighted by molar-refractivity contribution is -0.384. The first kappa shape index (κ1) is 21.2. The molecule has 3 heterocycles. The van der Waals surface area contributed by atoms with Gasteiger partial charge in [-0.2, -0.15) is 0 Å². The van der Waals surface area contributed by atoms with Gasteiger partial charge < -0.3 is 4.57 Å². The highest BCUT2D eigenvalue weighted by Crippen LogP contribution is 2.34. The van der Waals surface area contributed by atoms with E-state index in [2.05, 4.69) is 54.0 Å². The number of hydrogen-bond donors (Lipinski definition) is 0. The van der Waals surface area contributed by atoms with E-state index in [4.69, 9.17) is 15.0 Å². The number of aryl methyl sites for hydroxylation is 1. The van der Waals surface area contributed by atoms with Crippen LogP contribution in [-0.4, -0.2) is 29.0 Å². The summed E-state index contributed by atoms with van der Waals surface area (Å²) in [5, 5.41) is 13.6. The molecule has 178 valence electrons. The van der Waals surface area contributed by atoms with Gasteiger partial charge in [0, 0.05) is 46.0 Å². The molecular weight excluding hydrogens is 464 g/mol. The number of rotatable bonds is 4. The molecule has 0 N–H and O–H groups in total. The van der Waals surface area contributed by atoms with E-state index in [0.29, 0.717) is 17.1 Å². The van der Waals surface area contributed by atoms with Gasteiger partial charge in [0.05, 0.1) is 21.6 Å². The number of fused-ring (bicyclic) bond motifs is 5. The van der Waals surface area contributed by atoms with E-state index in [-0.39, 0.29) is 5.69 Å². The molecule has 8 nitrogen and oxygen atoms in total. The number of aromatic nitrogens is 5. The second kappa shape index (κ2) is 7.96. The number of benzene rings is 4. The maximum absolute atomic E-state index is 11.2. The van der Waals surface area contributed by atoms with Crippen molar-refractivity contribution in [3.8, 4) is 17.1 Å². The highest BCUT2D eigenvalue weighted by molar-refractivity contribution is 6.08. The summed E-state index contributed by atoms with van der Waals surface area (Å²) in [4.78, 5) is 25.4. The topological polar surface area (TPSA) is 91.7 Å². The smallest absolute Gasteiger partial charge is 0.269 e. The van der Waals surface area contributed by atoms with Gasteiger partial charge in [0.15, 0.2) is 11.3 Å². The van der Waals surface area contributed by atoms with Gasteiger partial charge in [0.2, 0.25) is 0 Å². The molecule has 7 aromatic rings. The van der Waals surface area contributed by atoms with E-state index in [1.165, 1.54) is 23.0 Å². The number of nitrogens with zero attached hydrogens (tertiary/aromatic N) is 6. The van der Waals surface area contributed by atoms with Crippen LogP contribution >= 0.6 is 0 Å². The molecule has 0 saturated carbocycles. The summed E-state index contributed by atoms with van der Waals surface area (Å²) in [6, 6.07) is 28.9. The van der Waals surface area contributed by atoms with Crippen molar-refractivity contribution in [3.05, 3.63) is 101 Å². The van der Waals surface area contributed by atoms with Gasteiger partial charge in [-0.15, -0.1) is 0 Å². The molecule has 0 spiro atoms. The molecule has 37 heavy (non-hydrogen) atoms. The summed E-state index contributed by atoms with van der Waals surface area (Å²) in [6.45, 7) is 3.01. The third kappa shape index (κ3) is 3.19. The Labute approximate surface area is 210 Å². The Morgan fingerprint density at radius 3 is 2.24 bits per heavy atom. The summed E-state index contributed by atoms with van der Waals surface area (Å²) >= 11 is 0. The highest BCUT2D eigenvalue weighted by Gasteiger charge is 2.20. The predicted molar refractivity (Wildman–Crippen MR) is 145 cm³/mol. The number of nitro benzene ring substituents is 1. The van der Waals surface area contributed by atoms with Gasteiger partial charge in [-0.05, 0) is 55.5 Å². The molecule has 0 unspecified atom stereocenters. The standard InChI is InChI=1S/C29H20N6O2/c1-2-33-25-10-6-3-7-21(25)22-17-20(15-16-26(22)33)34-28(18-11-13-19(14-12-18)35(36)37)32-27-29(34)31-24-9-5-4-8-23(24)30-27/h3-17H,2H2,1H3. The summed E-state index contributed by atoms with van der Waals surface area (Å²) in [5.74, 6) is 0.624. The van der Waals surface area contributed by atoms with Gasteiger partial charge in [-0.1, -0.05) is 30.3 Å².